The highest BCUT2D eigenvalue weighted by molar-refractivity contribution is 6.25. The molecule has 23 heavy (non-hydrogen) atoms. The van der Waals surface area contributed by atoms with Crippen LogP contribution in [0.2, 0.25) is 0 Å². The summed E-state index contributed by atoms with van der Waals surface area (Å²) >= 11 is 0. The predicted octanol–water partition coefficient (Wildman–Crippen LogP) is 1.90. The maximum Gasteiger partial charge on any atom is 0.264 e. The molecule has 0 saturated carbocycles. The Morgan fingerprint density at radius 1 is 1.26 bits per heavy atom. The predicted molar refractivity (Wildman–Crippen MR) is 86.0 cm³/mol. The minimum absolute atomic E-state index is 0.125. The van der Waals surface area contributed by atoms with Crippen LogP contribution in [0.1, 0.15) is 47.4 Å². The molecule has 0 radical (unpaired) electrons. The van der Waals surface area contributed by atoms with Crippen molar-refractivity contribution in [1.82, 2.24) is 10.2 Å². The molecule has 0 spiro atoms. The number of allylic oxidation sites excluding steroid dienone is 1. The second-order valence-corrected chi connectivity index (χ2v) is 6.15. The second-order valence-electron chi connectivity index (χ2n) is 6.15. The number of nitrogens with zero attached hydrogens (tertiary/aromatic N) is 1. The standard InChI is InChI=1S/C17H19N3O3/c1-9(2)18-12-6-4-5-11-14(12)17(23)20(16(11)22)13-8-7-10(3)19-15(13)21/h4-6,9,13,18H,3,7-8H2,1-2H3,(H,19,21). The van der Waals surface area contributed by atoms with Crippen molar-refractivity contribution in [3.63, 3.8) is 0 Å². The molecule has 1 saturated heterocycles. The van der Waals surface area contributed by atoms with Gasteiger partial charge in [0.25, 0.3) is 11.8 Å². The fraction of sp³-hybridized carbons (Fsp3) is 0.353. The van der Waals surface area contributed by atoms with Gasteiger partial charge in [-0.2, -0.15) is 0 Å². The van der Waals surface area contributed by atoms with E-state index in [0.29, 0.717) is 35.4 Å². The molecule has 6 nitrogen and oxygen atoms in total. The second kappa shape index (κ2) is 5.53. The summed E-state index contributed by atoms with van der Waals surface area (Å²) in [4.78, 5) is 38.7. The quantitative estimate of drug-likeness (QED) is 0.835. The molecule has 6 heteroatoms. The number of carbonyl (C=O) groups excluding carboxylic acids is 3. The van der Waals surface area contributed by atoms with Crippen molar-refractivity contribution >= 4 is 23.4 Å². The van der Waals surface area contributed by atoms with Crippen molar-refractivity contribution in [3.05, 3.63) is 41.6 Å². The van der Waals surface area contributed by atoms with Gasteiger partial charge in [-0.3, -0.25) is 19.3 Å². The number of anilines is 1. The van der Waals surface area contributed by atoms with E-state index in [2.05, 4.69) is 17.2 Å². The van der Waals surface area contributed by atoms with E-state index in [-0.39, 0.29) is 11.9 Å². The van der Waals surface area contributed by atoms with Gasteiger partial charge < -0.3 is 10.6 Å². The lowest BCUT2D eigenvalue weighted by molar-refractivity contribution is -0.125. The highest BCUT2D eigenvalue weighted by atomic mass is 16.2. The lowest BCUT2D eigenvalue weighted by atomic mass is 10.0. The smallest absolute Gasteiger partial charge is 0.264 e. The zero-order valence-corrected chi connectivity index (χ0v) is 13.2. The molecule has 1 aromatic carbocycles. The van der Waals surface area contributed by atoms with Gasteiger partial charge in [0.2, 0.25) is 5.91 Å². The van der Waals surface area contributed by atoms with E-state index in [1.807, 2.05) is 13.8 Å². The van der Waals surface area contributed by atoms with E-state index in [1.54, 1.807) is 18.2 Å². The van der Waals surface area contributed by atoms with Crippen LogP contribution in [0.5, 0.6) is 0 Å². The molecule has 0 aliphatic carbocycles. The largest absolute Gasteiger partial charge is 0.382 e. The summed E-state index contributed by atoms with van der Waals surface area (Å²) in [6.07, 6.45) is 0.962. The van der Waals surface area contributed by atoms with Gasteiger partial charge in [0.05, 0.1) is 11.1 Å². The van der Waals surface area contributed by atoms with Crippen LogP contribution < -0.4 is 10.6 Å². The van der Waals surface area contributed by atoms with E-state index in [1.165, 1.54) is 0 Å². The van der Waals surface area contributed by atoms with Crippen LogP contribution >= 0.6 is 0 Å². The Hall–Kier alpha value is -2.63. The Labute approximate surface area is 134 Å². The Bertz CT molecular complexity index is 724. The van der Waals surface area contributed by atoms with Crippen molar-refractivity contribution in [2.24, 2.45) is 0 Å². The molecule has 2 heterocycles. The van der Waals surface area contributed by atoms with E-state index >= 15 is 0 Å². The van der Waals surface area contributed by atoms with E-state index < -0.39 is 17.9 Å². The maximum atomic E-state index is 12.8. The molecule has 1 aromatic rings. The van der Waals surface area contributed by atoms with Gasteiger partial charge in [-0.25, -0.2) is 0 Å². The number of hydrogen-bond acceptors (Lipinski definition) is 4. The summed E-state index contributed by atoms with van der Waals surface area (Å²) < 4.78 is 0. The average molecular weight is 313 g/mol. The number of nitrogens with one attached hydrogen (secondary N) is 2. The van der Waals surface area contributed by atoms with Crippen molar-refractivity contribution in [3.8, 4) is 0 Å². The summed E-state index contributed by atoms with van der Waals surface area (Å²) in [5, 5.41) is 5.81. The molecule has 1 atom stereocenters. The summed E-state index contributed by atoms with van der Waals surface area (Å²) in [6.45, 7) is 7.63. The van der Waals surface area contributed by atoms with Crippen molar-refractivity contribution in [1.29, 1.82) is 0 Å². The molecule has 3 rings (SSSR count). The SMILES string of the molecule is C=C1CCC(N2C(=O)c3cccc(NC(C)C)c3C2=O)C(=O)N1. The number of benzene rings is 1. The zero-order valence-electron chi connectivity index (χ0n) is 13.2. The van der Waals surface area contributed by atoms with E-state index in [9.17, 15) is 14.4 Å². The highest BCUT2D eigenvalue weighted by Gasteiger charge is 2.44. The topological polar surface area (TPSA) is 78.5 Å². The van der Waals surface area contributed by atoms with Crippen LogP contribution in [0.15, 0.2) is 30.5 Å². The number of carbonyl (C=O) groups is 3. The molecule has 1 fully saturated rings. The van der Waals surface area contributed by atoms with E-state index in [0.717, 1.165) is 4.90 Å². The number of imide groups is 1. The maximum absolute atomic E-state index is 12.8. The first-order chi connectivity index (χ1) is 10.9. The molecular formula is C17H19N3O3. The number of amides is 3. The fourth-order valence-corrected chi connectivity index (χ4v) is 3.03. The molecule has 0 bridgehead atoms. The number of rotatable bonds is 3. The van der Waals surface area contributed by atoms with Gasteiger partial charge in [0.1, 0.15) is 6.04 Å². The van der Waals surface area contributed by atoms with Crippen LogP contribution in [-0.2, 0) is 4.79 Å². The lowest BCUT2D eigenvalue weighted by Crippen LogP contribution is -2.51. The van der Waals surface area contributed by atoms with Crippen LogP contribution in [0.25, 0.3) is 0 Å². The first-order valence-electron chi connectivity index (χ1n) is 7.66. The van der Waals surface area contributed by atoms with Gasteiger partial charge in [0, 0.05) is 17.4 Å². The minimum atomic E-state index is -0.778. The molecule has 1 unspecified atom stereocenters. The average Bonchev–Trinajstić information content (AvgIpc) is 2.72. The summed E-state index contributed by atoms with van der Waals surface area (Å²) in [6, 6.07) is 4.48. The van der Waals surface area contributed by atoms with Gasteiger partial charge in [-0.15, -0.1) is 0 Å². The molecular weight excluding hydrogens is 294 g/mol. The monoisotopic (exact) mass is 313 g/mol. The van der Waals surface area contributed by atoms with Crippen LogP contribution in [0.4, 0.5) is 5.69 Å². The summed E-state index contributed by atoms with van der Waals surface area (Å²) in [5.74, 6) is -1.18. The third-order valence-corrected chi connectivity index (χ3v) is 4.02. The molecule has 3 amide bonds. The van der Waals surface area contributed by atoms with Crippen LogP contribution in [0.3, 0.4) is 0 Å². The first kappa shape index (κ1) is 15.3. The number of fused-ring (bicyclic) bond motifs is 1. The third kappa shape index (κ3) is 2.50. The van der Waals surface area contributed by atoms with E-state index in [4.69, 9.17) is 0 Å². The Morgan fingerprint density at radius 2 is 2.00 bits per heavy atom. The number of piperidine rings is 1. The number of hydrogen-bond donors (Lipinski definition) is 2. The molecule has 2 N–H and O–H groups in total. The fourth-order valence-electron chi connectivity index (χ4n) is 3.03. The van der Waals surface area contributed by atoms with Gasteiger partial charge in [0.15, 0.2) is 0 Å². The Balaban J connectivity index is 1.98. The summed E-state index contributed by atoms with van der Waals surface area (Å²) in [5.41, 5.74) is 1.94. The lowest BCUT2D eigenvalue weighted by Gasteiger charge is -2.29. The zero-order chi connectivity index (χ0) is 16.7. The third-order valence-electron chi connectivity index (χ3n) is 4.02. The van der Waals surface area contributed by atoms with Crippen LogP contribution in [-0.4, -0.2) is 34.7 Å². The highest BCUT2D eigenvalue weighted by Crippen LogP contribution is 2.33. The minimum Gasteiger partial charge on any atom is -0.382 e. The first-order valence-corrected chi connectivity index (χ1v) is 7.66. The van der Waals surface area contributed by atoms with Gasteiger partial charge >= 0.3 is 0 Å². The van der Waals surface area contributed by atoms with Gasteiger partial charge in [-0.1, -0.05) is 12.6 Å². The van der Waals surface area contributed by atoms with Crippen molar-refractivity contribution in [2.75, 3.05) is 5.32 Å². The molecule has 0 aromatic heterocycles. The van der Waals surface area contributed by atoms with Crippen molar-refractivity contribution in [2.45, 2.75) is 38.8 Å². The Kier molecular flexibility index (Phi) is 3.67. The molecule has 2 aliphatic rings. The van der Waals surface area contributed by atoms with Crippen molar-refractivity contribution < 1.29 is 14.4 Å². The van der Waals surface area contributed by atoms with Crippen LogP contribution in [0, 0.1) is 0 Å². The molecule has 2 aliphatic heterocycles. The summed E-state index contributed by atoms with van der Waals surface area (Å²) in [7, 11) is 0. The normalized spacial score (nSPS) is 20.8. The Morgan fingerprint density at radius 3 is 2.65 bits per heavy atom. The van der Waals surface area contributed by atoms with Gasteiger partial charge in [-0.05, 0) is 38.8 Å². The molecule has 120 valence electrons.